The standard InChI is InChI=1S/C12H8O2P.C8H16O3P.C8H10O2P/c13-15-12-8-4-2-6-10(12)9-5-1-3-7-11(9)14-15;1-2-11-12(10)8(9)6-4-3-5-7-8;1-2-10-11(9)8-6-4-3-5-7-8/h1-8H;9H,2-7H2,1H3;3-7H,2H2,1H3/q3*+1. The molecule has 1 aromatic heterocycles. The second-order valence-corrected chi connectivity index (χ2v) is 12.7. The predicted octanol–water partition coefficient (Wildman–Crippen LogP) is 8.84. The molecule has 5 rings (SSSR count). The molecule has 10 heteroatoms. The minimum Gasteiger partial charge on any atom is -0.346 e. The Morgan fingerprint density at radius 1 is 0.816 bits per heavy atom. The molecule has 1 fully saturated rings. The number of rotatable bonds is 6. The maximum atomic E-state index is 11.8. The van der Waals surface area contributed by atoms with Crippen molar-refractivity contribution in [3.05, 3.63) is 78.9 Å². The third-order valence-electron chi connectivity index (χ3n) is 5.91. The first kappa shape index (κ1) is 30.2. The summed E-state index contributed by atoms with van der Waals surface area (Å²) in [5.41, 5.74) is 0.706. The van der Waals surface area contributed by atoms with Crippen molar-refractivity contribution in [2.75, 3.05) is 13.2 Å². The number of benzene rings is 3. The molecule has 38 heavy (non-hydrogen) atoms. The topological polar surface area (TPSA) is 103 Å². The Kier molecular flexibility index (Phi) is 12.1. The van der Waals surface area contributed by atoms with E-state index in [1.807, 2.05) is 73.7 Å². The van der Waals surface area contributed by atoms with Gasteiger partial charge in [-0.2, -0.15) is 0 Å². The first-order chi connectivity index (χ1) is 18.4. The monoisotopic (exact) mass is 575 g/mol. The van der Waals surface area contributed by atoms with Crippen LogP contribution < -0.4 is 5.30 Å². The molecule has 0 spiro atoms. The molecule has 3 unspecified atom stereocenters. The van der Waals surface area contributed by atoms with Crippen LogP contribution in [0.5, 0.6) is 0 Å². The zero-order chi connectivity index (χ0) is 27.4. The van der Waals surface area contributed by atoms with Gasteiger partial charge in [0.25, 0.3) is 5.34 Å². The van der Waals surface area contributed by atoms with Crippen LogP contribution in [0.15, 0.2) is 83.1 Å². The molecule has 3 aromatic carbocycles. The van der Waals surface area contributed by atoms with E-state index in [1.165, 1.54) is 0 Å². The molecule has 1 saturated carbocycles. The number of aliphatic hydroxyl groups is 1. The molecule has 0 radical (unpaired) electrons. The normalized spacial score (nSPS) is 15.5. The van der Waals surface area contributed by atoms with Crippen LogP contribution in [-0.2, 0) is 22.7 Å². The number of fused-ring (bicyclic) bond motifs is 3. The molecule has 0 aliphatic heterocycles. The lowest BCUT2D eigenvalue weighted by molar-refractivity contribution is 0.0704. The van der Waals surface area contributed by atoms with E-state index in [9.17, 15) is 18.8 Å². The van der Waals surface area contributed by atoms with Gasteiger partial charge >= 0.3 is 23.7 Å². The molecule has 7 nitrogen and oxygen atoms in total. The molecule has 3 atom stereocenters. The highest BCUT2D eigenvalue weighted by atomic mass is 31.1. The lowest BCUT2D eigenvalue weighted by Gasteiger charge is -2.20. The van der Waals surface area contributed by atoms with Gasteiger partial charge in [-0.25, -0.2) is 4.20 Å². The van der Waals surface area contributed by atoms with Crippen LogP contribution in [0.3, 0.4) is 0 Å². The van der Waals surface area contributed by atoms with Crippen molar-refractivity contribution < 1.29 is 32.0 Å². The lowest BCUT2D eigenvalue weighted by atomic mass is 9.97. The fourth-order valence-electron chi connectivity index (χ4n) is 4.05. The van der Waals surface area contributed by atoms with Crippen LogP contribution in [0.4, 0.5) is 0 Å². The van der Waals surface area contributed by atoms with Gasteiger partial charge in [0.1, 0.15) is 6.61 Å². The van der Waals surface area contributed by atoms with E-state index in [2.05, 4.69) is 0 Å². The minimum atomic E-state index is -1.88. The van der Waals surface area contributed by atoms with Crippen molar-refractivity contribution in [1.29, 1.82) is 0 Å². The second-order valence-electron chi connectivity index (χ2n) is 8.59. The van der Waals surface area contributed by atoms with Crippen molar-refractivity contribution in [2.24, 2.45) is 0 Å². The summed E-state index contributed by atoms with van der Waals surface area (Å²) in [5.74, 6) is 0. The molecule has 200 valence electrons. The fourth-order valence-corrected chi connectivity index (χ4v) is 7.04. The molecule has 0 amide bonds. The van der Waals surface area contributed by atoms with Gasteiger partial charge in [0.05, 0.1) is 6.61 Å². The predicted molar refractivity (Wildman–Crippen MR) is 154 cm³/mol. The van der Waals surface area contributed by atoms with Crippen molar-refractivity contribution in [1.82, 2.24) is 0 Å². The van der Waals surface area contributed by atoms with Crippen LogP contribution in [0, 0.1) is 0 Å². The molecule has 1 N–H and O–H groups in total. The third kappa shape index (κ3) is 8.32. The highest BCUT2D eigenvalue weighted by Crippen LogP contribution is 2.47. The van der Waals surface area contributed by atoms with E-state index in [4.69, 9.17) is 13.2 Å². The zero-order valence-corrected chi connectivity index (χ0v) is 24.4. The molecule has 1 aliphatic rings. The Labute approximate surface area is 225 Å². The summed E-state index contributed by atoms with van der Waals surface area (Å²) in [5, 5.41) is 12.4. The highest BCUT2D eigenvalue weighted by molar-refractivity contribution is 7.48. The Hall–Kier alpha value is -2.36. The SMILES string of the molecule is CCO[P+](=O)C1(O)CCCCC1.CCO[P+](=O)c1ccccc1.O=[p+]1oc2ccccc2c2ccccc21. The minimum absolute atomic E-state index is 0.414. The van der Waals surface area contributed by atoms with Gasteiger partial charge in [0.15, 0.2) is 5.58 Å². The summed E-state index contributed by atoms with van der Waals surface area (Å²) in [6.45, 7) is 4.53. The molecule has 0 bridgehead atoms. The van der Waals surface area contributed by atoms with Crippen LogP contribution >= 0.6 is 23.7 Å². The van der Waals surface area contributed by atoms with Gasteiger partial charge in [0, 0.05) is 23.6 Å². The van der Waals surface area contributed by atoms with Crippen molar-refractivity contribution in [3.63, 3.8) is 0 Å². The quantitative estimate of drug-likeness (QED) is 0.181. The van der Waals surface area contributed by atoms with Crippen molar-refractivity contribution in [2.45, 2.75) is 51.3 Å². The summed E-state index contributed by atoms with van der Waals surface area (Å²) in [4.78, 5) is 0. The summed E-state index contributed by atoms with van der Waals surface area (Å²) < 4.78 is 49.6. The first-order valence-electron chi connectivity index (χ1n) is 12.7. The molecule has 4 aromatic rings. The largest absolute Gasteiger partial charge is 0.597 e. The summed E-state index contributed by atoms with van der Waals surface area (Å²) in [6.07, 6.45) is 4.32. The van der Waals surface area contributed by atoms with Crippen LogP contribution in [0.1, 0.15) is 46.0 Å². The molecule has 1 aliphatic carbocycles. The zero-order valence-electron chi connectivity index (χ0n) is 21.7. The molecule has 1 heterocycles. The Morgan fingerprint density at radius 2 is 1.39 bits per heavy atom. The van der Waals surface area contributed by atoms with Gasteiger partial charge in [0.2, 0.25) is 10.4 Å². The van der Waals surface area contributed by atoms with Crippen molar-refractivity contribution >= 4 is 50.5 Å². The summed E-state index contributed by atoms with van der Waals surface area (Å²) >= 11 is 0. The van der Waals surface area contributed by atoms with Crippen LogP contribution in [0.25, 0.3) is 21.5 Å². The Balaban J connectivity index is 0.000000161. The number of hydrogen-bond donors (Lipinski definition) is 1. The average molecular weight is 575 g/mol. The van der Waals surface area contributed by atoms with E-state index in [0.29, 0.717) is 31.6 Å². The van der Waals surface area contributed by atoms with Crippen LogP contribution in [-0.4, -0.2) is 23.7 Å². The molecular weight excluding hydrogens is 541 g/mol. The van der Waals surface area contributed by atoms with Gasteiger partial charge in [-0.05, 0) is 70.7 Å². The van der Waals surface area contributed by atoms with Gasteiger partial charge in [-0.1, -0.05) is 55.0 Å². The van der Waals surface area contributed by atoms with E-state index in [1.54, 1.807) is 19.1 Å². The maximum Gasteiger partial charge on any atom is 0.597 e. The lowest BCUT2D eigenvalue weighted by Crippen LogP contribution is -2.27. The fraction of sp³-hybridized carbons (Fsp3) is 0.357. The van der Waals surface area contributed by atoms with Gasteiger partial charge in [-0.3, -0.25) is 0 Å². The summed E-state index contributed by atoms with van der Waals surface area (Å²) in [6, 6.07) is 24.5. The first-order valence-corrected chi connectivity index (χ1v) is 16.2. The third-order valence-corrected chi connectivity index (χ3v) is 9.89. The Morgan fingerprint density at radius 3 is 2.05 bits per heavy atom. The second kappa shape index (κ2) is 15.3. The van der Waals surface area contributed by atoms with Gasteiger partial charge in [-0.15, -0.1) is 9.05 Å². The van der Waals surface area contributed by atoms with E-state index >= 15 is 0 Å². The van der Waals surface area contributed by atoms with Crippen LogP contribution in [0.2, 0.25) is 0 Å². The molecular formula is C28H34O7P3+3. The highest BCUT2D eigenvalue weighted by Gasteiger charge is 2.49. The Bertz CT molecular complexity index is 1400. The molecule has 0 saturated heterocycles. The summed E-state index contributed by atoms with van der Waals surface area (Å²) in [7, 11) is -5.25. The van der Waals surface area contributed by atoms with E-state index < -0.39 is 29.1 Å². The average Bonchev–Trinajstić information content (AvgIpc) is 2.95. The maximum absolute atomic E-state index is 11.8. The number of hydrogen-bond acceptors (Lipinski definition) is 7. The van der Waals surface area contributed by atoms with E-state index in [0.717, 1.165) is 40.5 Å². The number of para-hydroxylation sites is 1. The van der Waals surface area contributed by atoms with E-state index in [-0.39, 0.29) is 0 Å². The van der Waals surface area contributed by atoms with Crippen molar-refractivity contribution in [3.8, 4) is 0 Å². The van der Waals surface area contributed by atoms with Gasteiger partial charge < -0.3 is 5.11 Å². The smallest absolute Gasteiger partial charge is 0.346 e.